The molecule has 0 saturated heterocycles. The molecule has 0 aromatic heterocycles. The second-order valence-corrected chi connectivity index (χ2v) is 7.60. The SMILES string of the molecule is CC(C)[C@@H](C)NC(=O)CSCc1ccc(C(=O)Nc2ccccc2)cc1. The van der Waals surface area contributed by atoms with Crippen LogP contribution in [-0.2, 0) is 10.5 Å². The number of hydrogen-bond donors (Lipinski definition) is 2. The van der Waals surface area contributed by atoms with Gasteiger partial charge in [0, 0.05) is 23.0 Å². The van der Waals surface area contributed by atoms with Crippen molar-refractivity contribution in [2.24, 2.45) is 5.92 Å². The molecule has 2 N–H and O–H groups in total. The van der Waals surface area contributed by atoms with Crippen LogP contribution >= 0.6 is 11.8 Å². The predicted molar refractivity (Wildman–Crippen MR) is 109 cm³/mol. The Morgan fingerprint density at radius 3 is 2.23 bits per heavy atom. The Kier molecular flexibility index (Phi) is 7.73. The van der Waals surface area contributed by atoms with Gasteiger partial charge in [-0.2, -0.15) is 0 Å². The number of amides is 2. The number of rotatable bonds is 8. The molecule has 138 valence electrons. The molecule has 0 fully saturated rings. The van der Waals surface area contributed by atoms with Crippen LogP contribution in [0, 0.1) is 5.92 Å². The molecule has 0 aliphatic rings. The van der Waals surface area contributed by atoms with Gasteiger partial charge in [0.25, 0.3) is 5.91 Å². The van der Waals surface area contributed by atoms with E-state index in [9.17, 15) is 9.59 Å². The Bertz CT molecular complexity index is 715. The lowest BCUT2D eigenvalue weighted by molar-refractivity contribution is -0.119. The average Bonchev–Trinajstić information content (AvgIpc) is 2.63. The van der Waals surface area contributed by atoms with Crippen molar-refractivity contribution in [2.45, 2.75) is 32.6 Å². The maximum absolute atomic E-state index is 12.2. The Balaban J connectivity index is 1.78. The van der Waals surface area contributed by atoms with Gasteiger partial charge in [0.1, 0.15) is 0 Å². The van der Waals surface area contributed by atoms with Gasteiger partial charge in [0.15, 0.2) is 0 Å². The number of carbonyl (C=O) groups excluding carboxylic acids is 2. The van der Waals surface area contributed by atoms with Crippen molar-refractivity contribution in [3.63, 3.8) is 0 Å². The van der Waals surface area contributed by atoms with E-state index in [4.69, 9.17) is 0 Å². The highest BCUT2D eigenvalue weighted by atomic mass is 32.2. The molecule has 4 nitrogen and oxygen atoms in total. The Hall–Kier alpha value is -2.27. The van der Waals surface area contributed by atoms with Crippen LogP contribution in [0.1, 0.15) is 36.7 Å². The van der Waals surface area contributed by atoms with Gasteiger partial charge in [-0.3, -0.25) is 9.59 Å². The van der Waals surface area contributed by atoms with Crippen molar-refractivity contribution in [3.8, 4) is 0 Å². The molecule has 2 aromatic rings. The zero-order valence-corrected chi connectivity index (χ0v) is 16.3. The predicted octanol–water partition coefficient (Wildman–Crippen LogP) is 4.33. The Morgan fingerprint density at radius 1 is 0.962 bits per heavy atom. The average molecular weight is 371 g/mol. The molecule has 0 aliphatic heterocycles. The van der Waals surface area contributed by atoms with Crippen LogP contribution in [0.15, 0.2) is 54.6 Å². The molecule has 2 rings (SSSR count). The van der Waals surface area contributed by atoms with E-state index in [0.29, 0.717) is 17.2 Å². The first-order valence-corrected chi connectivity index (χ1v) is 9.93. The minimum atomic E-state index is -0.127. The third-order valence-corrected chi connectivity index (χ3v) is 5.14. The molecule has 0 saturated carbocycles. The molecule has 0 aliphatic carbocycles. The number of anilines is 1. The van der Waals surface area contributed by atoms with Gasteiger partial charge < -0.3 is 10.6 Å². The number of carbonyl (C=O) groups is 2. The fraction of sp³-hybridized carbons (Fsp3) is 0.333. The van der Waals surface area contributed by atoms with E-state index in [0.717, 1.165) is 17.0 Å². The van der Waals surface area contributed by atoms with Crippen LogP contribution in [0.25, 0.3) is 0 Å². The minimum Gasteiger partial charge on any atom is -0.353 e. The van der Waals surface area contributed by atoms with Crippen LogP contribution < -0.4 is 10.6 Å². The monoisotopic (exact) mass is 370 g/mol. The summed E-state index contributed by atoms with van der Waals surface area (Å²) < 4.78 is 0. The van der Waals surface area contributed by atoms with Crippen molar-refractivity contribution in [1.82, 2.24) is 5.32 Å². The number of nitrogens with one attached hydrogen (secondary N) is 2. The fourth-order valence-electron chi connectivity index (χ4n) is 2.20. The van der Waals surface area contributed by atoms with E-state index in [1.54, 1.807) is 11.8 Å². The molecule has 1 atom stereocenters. The van der Waals surface area contributed by atoms with Crippen LogP contribution in [-0.4, -0.2) is 23.6 Å². The van der Waals surface area contributed by atoms with E-state index < -0.39 is 0 Å². The van der Waals surface area contributed by atoms with Crippen molar-refractivity contribution in [2.75, 3.05) is 11.1 Å². The fourth-order valence-corrected chi connectivity index (χ4v) is 3.00. The van der Waals surface area contributed by atoms with Gasteiger partial charge in [-0.05, 0) is 42.7 Å². The highest BCUT2D eigenvalue weighted by Gasteiger charge is 2.11. The highest BCUT2D eigenvalue weighted by molar-refractivity contribution is 7.99. The van der Waals surface area contributed by atoms with Crippen LogP contribution in [0.2, 0.25) is 0 Å². The van der Waals surface area contributed by atoms with Gasteiger partial charge in [0.2, 0.25) is 5.91 Å². The standard InChI is InChI=1S/C21H26N2O2S/c1-15(2)16(3)22-20(24)14-26-13-17-9-11-18(12-10-17)21(25)23-19-7-5-4-6-8-19/h4-12,15-16H,13-14H2,1-3H3,(H,22,24)(H,23,25)/t16-/m1/s1. The first-order chi connectivity index (χ1) is 12.5. The lowest BCUT2D eigenvalue weighted by atomic mass is 10.1. The molecule has 26 heavy (non-hydrogen) atoms. The zero-order chi connectivity index (χ0) is 18.9. The Labute approximate surface area is 159 Å². The van der Waals surface area contributed by atoms with E-state index in [1.165, 1.54) is 0 Å². The van der Waals surface area contributed by atoms with E-state index in [-0.39, 0.29) is 17.9 Å². The zero-order valence-electron chi connectivity index (χ0n) is 15.5. The molecular weight excluding hydrogens is 344 g/mol. The number of thioether (sulfide) groups is 1. The molecule has 0 heterocycles. The summed E-state index contributed by atoms with van der Waals surface area (Å²) >= 11 is 1.57. The van der Waals surface area contributed by atoms with Crippen LogP contribution in [0.3, 0.4) is 0 Å². The summed E-state index contributed by atoms with van der Waals surface area (Å²) in [5.41, 5.74) is 2.49. The number of hydrogen-bond acceptors (Lipinski definition) is 3. The normalized spacial score (nSPS) is 11.8. The third kappa shape index (κ3) is 6.56. The molecule has 5 heteroatoms. The molecule has 2 amide bonds. The molecule has 0 radical (unpaired) electrons. The third-order valence-electron chi connectivity index (χ3n) is 4.14. The van der Waals surface area contributed by atoms with Gasteiger partial charge in [-0.1, -0.05) is 44.2 Å². The largest absolute Gasteiger partial charge is 0.353 e. The lowest BCUT2D eigenvalue weighted by Crippen LogP contribution is -2.37. The molecular formula is C21H26N2O2S. The summed E-state index contributed by atoms with van der Waals surface area (Å²) in [5, 5.41) is 5.87. The van der Waals surface area contributed by atoms with E-state index >= 15 is 0 Å². The highest BCUT2D eigenvalue weighted by Crippen LogP contribution is 2.15. The minimum absolute atomic E-state index is 0.0649. The second kappa shape index (κ2) is 10.0. The quantitative estimate of drug-likeness (QED) is 0.727. The maximum atomic E-state index is 12.2. The van der Waals surface area contributed by atoms with Gasteiger partial charge in [0.05, 0.1) is 5.75 Å². The summed E-state index contributed by atoms with van der Waals surface area (Å²) in [6.07, 6.45) is 0. The van der Waals surface area contributed by atoms with Crippen molar-refractivity contribution in [1.29, 1.82) is 0 Å². The summed E-state index contributed by atoms with van der Waals surface area (Å²) in [7, 11) is 0. The first-order valence-electron chi connectivity index (χ1n) is 8.78. The van der Waals surface area contributed by atoms with E-state index in [2.05, 4.69) is 24.5 Å². The summed E-state index contributed by atoms with van der Waals surface area (Å²) in [4.78, 5) is 24.1. The topological polar surface area (TPSA) is 58.2 Å². The lowest BCUT2D eigenvalue weighted by Gasteiger charge is -2.17. The molecule has 0 spiro atoms. The van der Waals surface area contributed by atoms with Crippen molar-refractivity contribution < 1.29 is 9.59 Å². The maximum Gasteiger partial charge on any atom is 0.255 e. The van der Waals surface area contributed by atoms with Gasteiger partial charge in [-0.25, -0.2) is 0 Å². The molecule has 2 aromatic carbocycles. The van der Waals surface area contributed by atoms with Gasteiger partial charge >= 0.3 is 0 Å². The van der Waals surface area contributed by atoms with Crippen LogP contribution in [0.5, 0.6) is 0 Å². The van der Waals surface area contributed by atoms with Crippen LogP contribution in [0.4, 0.5) is 5.69 Å². The van der Waals surface area contributed by atoms with Gasteiger partial charge in [-0.15, -0.1) is 11.8 Å². The summed E-state index contributed by atoms with van der Waals surface area (Å²) in [6, 6.07) is 17.1. The Morgan fingerprint density at radius 2 is 1.62 bits per heavy atom. The summed E-state index contributed by atoms with van der Waals surface area (Å²) in [6.45, 7) is 6.20. The van der Waals surface area contributed by atoms with Crippen molar-refractivity contribution in [3.05, 3.63) is 65.7 Å². The first kappa shape index (κ1) is 20.0. The second-order valence-electron chi connectivity index (χ2n) is 6.61. The van der Waals surface area contributed by atoms with E-state index in [1.807, 2.05) is 61.5 Å². The van der Waals surface area contributed by atoms with Crippen molar-refractivity contribution >= 4 is 29.3 Å². The number of benzene rings is 2. The summed E-state index contributed by atoms with van der Waals surface area (Å²) in [5.74, 6) is 1.54. The molecule has 0 unspecified atom stereocenters. The molecule has 0 bridgehead atoms. The smallest absolute Gasteiger partial charge is 0.255 e. The number of para-hydroxylation sites is 1.